The molecule has 0 amide bonds. The van der Waals surface area contributed by atoms with Gasteiger partial charge in [-0.25, -0.2) is 9.59 Å². The van der Waals surface area contributed by atoms with Crippen molar-refractivity contribution in [1.29, 1.82) is 0 Å². The molecule has 0 aliphatic heterocycles. The Morgan fingerprint density at radius 2 is 1.71 bits per heavy atom. The van der Waals surface area contributed by atoms with E-state index < -0.39 is 11.9 Å². The summed E-state index contributed by atoms with van der Waals surface area (Å²) in [6, 6.07) is 3.73. The largest absolute Gasteiger partial charge is 0.478 e. The quantitative estimate of drug-likeness (QED) is 0.806. The molecule has 86 valence electrons. The average molecular weight is 233 g/mol. The van der Waals surface area contributed by atoms with Gasteiger partial charge in [0, 0.05) is 0 Å². The predicted molar refractivity (Wildman–Crippen MR) is 55.3 cm³/mol. The third-order valence-corrected chi connectivity index (χ3v) is 2.17. The van der Waals surface area contributed by atoms with Crippen LogP contribution >= 0.6 is 0 Å². The Bertz CT molecular complexity index is 577. The first-order valence-electron chi connectivity index (χ1n) is 4.55. The van der Waals surface area contributed by atoms with E-state index >= 15 is 0 Å². The summed E-state index contributed by atoms with van der Waals surface area (Å²) >= 11 is 0. The van der Waals surface area contributed by atoms with E-state index in [1.165, 1.54) is 35.4 Å². The number of rotatable bonds is 3. The summed E-state index contributed by atoms with van der Waals surface area (Å²) in [6.45, 7) is 0. The van der Waals surface area contributed by atoms with Gasteiger partial charge in [0.05, 0.1) is 16.8 Å². The Kier molecular flexibility index (Phi) is 2.57. The molecule has 1 heterocycles. The topological polar surface area (TPSA) is 105 Å². The summed E-state index contributed by atoms with van der Waals surface area (Å²) in [5.41, 5.74) is 0.191. The third-order valence-electron chi connectivity index (χ3n) is 2.17. The minimum absolute atomic E-state index is 0.00120. The predicted octanol–water partition coefficient (Wildman–Crippen LogP) is 0.664. The molecule has 0 bridgehead atoms. The van der Waals surface area contributed by atoms with E-state index in [9.17, 15) is 9.59 Å². The number of carbonyl (C=O) groups is 2. The van der Waals surface area contributed by atoms with Gasteiger partial charge in [-0.3, -0.25) is 4.57 Å². The number of nitrogens with zero attached hydrogens (tertiary/aromatic N) is 3. The molecule has 7 nitrogen and oxygen atoms in total. The second kappa shape index (κ2) is 4.05. The first-order valence-corrected chi connectivity index (χ1v) is 4.55. The van der Waals surface area contributed by atoms with E-state index in [-0.39, 0.29) is 16.8 Å². The van der Waals surface area contributed by atoms with E-state index in [1.807, 2.05) is 0 Å². The number of aromatic carboxylic acids is 2. The number of carboxylic acid groups (broad SMARTS) is 2. The van der Waals surface area contributed by atoms with E-state index in [4.69, 9.17) is 10.2 Å². The number of carboxylic acids is 2. The standard InChI is InChI=1S/C10H7N3O4/c14-9(15)6-1-2-7(10(16)17)8(3-6)13-4-11-12-5-13/h1-5H,(H,14,15)(H,16,17). The maximum Gasteiger partial charge on any atom is 0.337 e. The van der Waals surface area contributed by atoms with Crippen LogP contribution in [0.2, 0.25) is 0 Å². The minimum atomic E-state index is -1.15. The van der Waals surface area contributed by atoms with Crippen molar-refractivity contribution in [3.8, 4) is 5.69 Å². The Morgan fingerprint density at radius 3 is 2.24 bits per heavy atom. The van der Waals surface area contributed by atoms with E-state index in [0.29, 0.717) is 0 Å². The van der Waals surface area contributed by atoms with Gasteiger partial charge in [-0.2, -0.15) is 0 Å². The molecule has 1 aromatic heterocycles. The van der Waals surface area contributed by atoms with Crippen molar-refractivity contribution >= 4 is 11.9 Å². The van der Waals surface area contributed by atoms with Crippen LogP contribution in [0.25, 0.3) is 5.69 Å². The van der Waals surface area contributed by atoms with Crippen molar-refractivity contribution < 1.29 is 19.8 Å². The first-order chi connectivity index (χ1) is 8.09. The van der Waals surface area contributed by atoms with Crippen LogP contribution in [-0.4, -0.2) is 36.9 Å². The number of benzene rings is 1. The fourth-order valence-corrected chi connectivity index (χ4v) is 1.38. The molecule has 0 aliphatic carbocycles. The van der Waals surface area contributed by atoms with Crippen LogP contribution in [-0.2, 0) is 0 Å². The van der Waals surface area contributed by atoms with Crippen LogP contribution in [0.1, 0.15) is 20.7 Å². The molecule has 0 aliphatic rings. The van der Waals surface area contributed by atoms with Crippen molar-refractivity contribution in [2.45, 2.75) is 0 Å². The van der Waals surface area contributed by atoms with E-state index in [1.54, 1.807) is 0 Å². The maximum absolute atomic E-state index is 11.0. The fourth-order valence-electron chi connectivity index (χ4n) is 1.38. The molecule has 0 saturated carbocycles. The van der Waals surface area contributed by atoms with Gasteiger partial charge in [0.15, 0.2) is 0 Å². The first kappa shape index (κ1) is 10.8. The second-order valence-corrected chi connectivity index (χ2v) is 3.21. The molecule has 2 N–H and O–H groups in total. The van der Waals surface area contributed by atoms with Crippen LogP contribution in [0.5, 0.6) is 0 Å². The lowest BCUT2D eigenvalue weighted by atomic mass is 10.1. The Balaban J connectivity index is 2.64. The summed E-state index contributed by atoms with van der Waals surface area (Å²) < 4.78 is 1.34. The zero-order valence-electron chi connectivity index (χ0n) is 8.44. The van der Waals surface area contributed by atoms with Gasteiger partial charge in [-0.15, -0.1) is 10.2 Å². The normalized spacial score (nSPS) is 10.1. The van der Waals surface area contributed by atoms with E-state index in [0.717, 1.165) is 0 Å². The summed E-state index contributed by atoms with van der Waals surface area (Å²) in [7, 11) is 0. The van der Waals surface area contributed by atoms with E-state index in [2.05, 4.69) is 10.2 Å². The van der Waals surface area contributed by atoms with Crippen molar-refractivity contribution in [1.82, 2.24) is 14.8 Å². The van der Waals surface area contributed by atoms with Crippen molar-refractivity contribution in [3.63, 3.8) is 0 Å². The van der Waals surface area contributed by atoms with Gasteiger partial charge in [-0.1, -0.05) is 0 Å². The van der Waals surface area contributed by atoms with Crippen LogP contribution in [0.15, 0.2) is 30.9 Å². The summed E-state index contributed by atoms with van der Waals surface area (Å²) in [5.74, 6) is -2.28. The van der Waals surface area contributed by atoms with Gasteiger partial charge in [0.1, 0.15) is 12.7 Å². The summed E-state index contributed by atoms with van der Waals surface area (Å²) in [5, 5.41) is 24.9. The molecule has 0 atom stereocenters. The molecule has 2 aromatic rings. The molecule has 2 rings (SSSR count). The van der Waals surface area contributed by atoms with Gasteiger partial charge in [0.2, 0.25) is 0 Å². The van der Waals surface area contributed by atoms with Gasteiger partial charge >= 0.3 is 11.9 Å². The molecule has 1 aromatic carbocycles. The molecule has 0 spiro atoms. The lowest BCUT2D eigenvalue weighted by Gasteiger charge is -2.06. The van der Waals surface area contributed by atoms with Gasteiger partial charge in [-0.05, 0) is 18.2 Å². The van der Waals surface area contributed by atoms with Crippen molar-refractivity contribution in [3.05, 3.63) is 42.0 Å². The van der Waals surface area contributed by atoms with Gasteiger partial charge in [0.25, 0.3) is 0 Å². The van der Waals surface area contributed by atoms with Crippen molar-refractivity contribution in [2.24, 2.45) is 0 Å². The lowest BCUT2D eigenvalue weighted by molar-refractivity contribution is 0.0681. The monoisotopic (exact) mass is 233 g/mol. The molecule has 17 heavy (non-hydrogen) atoms. The molecule has 0 radical (unpaired) electrons. The molecule has 0 saturated heterocycles. The molecule has 0 unspecified atom stereocenters. The zero-order chi connectivity index (χ0) is 12.4. The van der Waals surface area contributed by atoms with Crippen LogP contribution in [0.4, 0.5) is 0 Å². The summed E-state index contributed by atoms with van der Waals surface area (Å²) in [4.78, 5) is 21.8. The number of hydrogen-bond acceptors (Lipinski definition) is 4. The lowest BCUT2D eigenvalue weighted by Crippen LogP contribution is -2.07. The highest BCUT2D eigenvalue weighted by Gasteiger charge is 2.14. The highest BCUT2D eigenvalue weighted by atomic mass is 16.4. The SMILES string of the molecule is O=C(O)c1ccc(C(=O)O)c(-n2cnnc2)c1. The number of aromatic nitrogens is 3. The number of hydrogen-bond donors (Lipinski definition) is 2. The minimum Gasteiger partial charge on any atom is -0.478 e. The smallest absolute Gasteiger partial charge is 0.337 e. The molecular formula is C10H7N3O4. The van der Waals surface area contributed by atoms with Crippen molar-refractivity contribution in [2.75, 3.05) is 0 Å². The molecule has 0 fully saturated rings. The highest BCUT2D eigenvalue weighted by molar-refractivity contribution is 5.95. The maximum atomic E-state index is 11.0. The van der Waals surface area contributed by atoms with Crippen LogP contribution in [0, 0.1) is 0 Å². The Labute approximate surface area is 95.0 Å². The second-order valence-electron chi connectivity index (χ2n) is 3.21. The Hall–Kier alpha value is -2.70. The average Bonchev–Trinajstić information content (AvgIpc) is 2.81. The zero-order valence-corrected chi connectivity index (χ0v) is 8.44. The fraction of sp³-hybridized carbons (Fsp3) is 0. The molecular weight excluding hydrogens is 226 g/mol. The van der Waals surface area contributed by atoms with Gasteiger partial charge < -0.3 is 10.2 Å². The highest BCUT2D eigenvalue weighted by Crippen LogP contribution is 2.16. The summed E-state index contributed by atoms with van der Waals surface area (Å²) in [6.07, 6.45) is 2.60. The Morgan fingerprint density at radius 1 is 1.06 bits per heavy atom. The molecule has 7 heteroatoms. The third kappa shape index (κ3) is 1.98. The van der Waals surface area contributed by atoms with Crippen LogP contribution < -0.4 is 0 Å². The van der Waals surface area contributed by atoms with Crippen LogP contribution in [0.3, 0.4) is 0 Å².